The average Bonchev–Trinajstić information content (AvgIpc) is 2.76. The van der Waals surface area contributed by atoms with E-state index >= 15 is 0 Å². The predicted octanol–water partition coefficient (Wildman–Crippen LogP) is 3.07. The Morgan fingerprint density at radius 1 is 1.16 bits per heavy atom. The molecule has 0 unspecified atom stereocenters. The first-order valence-corrected chi connectivity index (χ1v) is 7.20. The second-order valence-electron chi connectivity index (χ2n) is 3.45. The number of hydrogen-bond acceptors (Lipinski definition) is 4. The minimum Gasteiger partial charge on any atom is -0.251 e. The van der Waals surface area contributed by atoms with Gasteiger partial charge in [0.2, 0.25) is 0 Å². The molecule has 102 valence electrons. The molecule has 0 fully saturated rings. The maximum absolute atomic E-state index is 12.2. The van der Waals surface area contributed by atoms with Gasteiger partial charge in [-0.05, 0) is 5.56 Å². The smallest absolute Gasteiger partial charge is 0.251 e. The molecule has 4 nitrogen and oxygen atoms in total. The summed E-state index contributed by atoms with van der Waals surface area (Å²) < 4.78 is 59.7. The van der Waals surface area contributed by atoms with E-state index in [-0.39, 0.29) is 5.13 Å². The lowest BCUT2D eigenvalue weighted by Gasteiger charge is -2.07. The van der Waals surface area contributed by atoms with Crippen molar-refractivity contribution in [1.29, 1.82) is 0 Å². The van der Waals surface area contributed by atoms with Crippen molar-refractivity contribution in [2.75, 3.05) is 4.72 Å². The minimum absolute atomic E-state index is 0.323. The largest absolute Gasteiger partial charge is 0.516 e. The molecule has 0 aliphatic carbocycles. The third-order valence-corrected chi connectivity index (χ3v) is 4.25. The third kappa shape index (κ3) is 3.04. The zero-order valence-corrected chi connectivity index (χ0v) is 10.8. The van der Waals surface area contributed by atoms with E-state index in [0.717, 1.165) is 16.9 Å². The molecule has 1 N–H and O–H groups in total. The molecule has 1 aromatic carbocycles. The summed E-state index contributed by atoms with van der Waals surface area (Å²) in [6.07, 6.45) is 1.31. The van der Waals surface area contributed by atoms with Crippen molar-refractivity contribution in [3.63, 3.8) is 0 Å². The summed E-state index contributed by atoms with van der Waals surface area (Å²) >= 11 is 0.828. The molecule has 2 aromatic rings. The lowest BCUT2D eigenvalue weighted by atomic mass is 10.2. The maximum Gasteiger partial charge on any atom is 0.516 e. The number of benzene rings is 1. The van der Waals surface area contributed by atoms with E-state index in [4.69, 9.17) is 0 Å². The number of rotatable bonds is 3. The number of sulfonamides is 1. The third-order valence-electron chi connectivity index (χ3n) is 2.09. The van der Waals surface area contributed by atoms with Gasteiger partial charge in [-0.3, -0.25) is 4.72 Å². The van der Waals surface area contributed by atoms with E-state index in [1.54, 1.807) is 30.3 Å². The Hall–Kier alpha value is -1.61. The number of nitrogens with one attached hydrogen (secondary N) is 1. The Bertz CT molecular complexity index is 666. The molecular formula is C10H7F3N2O2S2. The van der Waals surface area contributed by atoms with Crippen LogP contribution in [0.5, 0.6) is 0 Å². The SMILES string of the molecule is O=S(=O)(Nc1ncc(-c2ccccc2)s1)C(F)(F)F. The summed E-state index contributed by atoms with van der Waals surface area (Å²) in [4.78, 5) is 4.19. The van der Waals surface area contributed by atoms with Crippen molar-refractivity contribution < 1.29 is 21.6 Å². The fraction of sp³-hybridized carbons (Fsp3) is 0.100. The molecule has 1 heterocycles. The fourth-order valence-corrected chi connectivity index (χ4v) is 2.80. The lowest BCUT2D eigenvalue weighted by Crippen LogP contribution is -2.29. The zero-order valence-electron chi connectivity index (χ0n) is 9.18. The van der Waals surface area contributed by atoms with Crippen molar-refractivity contribution in [3.8, 4) is 10.4 Å². The first-order chi connectivity index (χ1) is 8.79. The molecule has 0 radical (unpaired) electrons. The van der Waals surface area contributed by atoms with Gasteiger partial charge >= 0.3 is 15.5 Å². The summed E-state index contributed by atoms with van der Waals surface area (Å²) in [6.45, 7) is 0. The molecule has 0 aliphatic rings. The average molecular weight is 308 g/mol. The predicted molar refractivity (Wildman–Crippen MR) is 66.1 cm³/mol. The summed E-state index contributed by atoms with van der Waals surface area (Å²) in [7, 11) is -5.42. The van der Waals surface area contributed by atoms with E-state index in [1.807, 2.05) is 0 Å². The van der Waals surface area contributed by atoms with Crippen molar-refractivity contribution >= 4 is 26.5 Å². The number of thiazole rings is 1. The quantitative estimate of drug-likeness (QED) is 0.948. The summed E-state index contributed by atoms with van der Waals surface area (Å²) in [5.74, 6) is 0. The Morgan fingerprint density at radius 3 is 2.37 bits per heavy atom. The van der Waals surface area contributed by atoms with Gasteiger partial charge < -0.3 is 0 Å². The molecule has 0 amide bonds. The Balaban J connectivity index is 2.24. The van der Waals surface area contributed by atoms with Crippen LogP contribution in [0.25, 0.3) is 10.4 Å². The van der Waals surface area contributed by atoms with Gasteiger partial charge in [0.05, 0.1) is 4.88 Å². The van der Waals surface area contributed by atoms with Crippen LogP contribution < -0.4 is 4.72 Å². The highest BCUT2D eigenvalue weighted by Crippen LogP contribution is 2.31. The molecule has 9 heteroatoms. The Kier molecular flexibility index (Phi) is 3.50. The van der Waals surface area contributed by atoms with E-state index in [0.29, 0.717) is 4.88 Å². The fourth-order valence-electron chi connectivity index (χ4n) is 1.23. The summed E-state index contributed by atoms with van der Waals surface area (Å²) in [6, 6.07) is 8.80. The monoisotopic (exact) mass is 308 g/mol. The Labute approximate surface area is 111 Å². The normalized spacial score (nSPS) is 12.4. The first-order valence-electron chi connectivity index (χ1n) is 4.90. The number of halogens is 3. The van der Waals surface area contributed by atoms with Crippen LogP contribution in [0.15, 0.2) is 36.5 Å². The molecule has 1 aromatic heterocycles. The van der Waals surface area contributed by atoms with Gasteiger partial charge in [0.15, 0.2) is 5.13 Å². The van der Waals surface area contributed by atoms with Gasteiger partial charge in [-0.2, -0.15) is 21.6 Å². The van der Waals surface area contributed by atoms with Crippen LogP contribution in [-0.2, 0) is 10.0 Å². The van der Waals surface area contributed by atoms with Crippen LogP contribution >= 0.6 is 11.3 Å². The van der Waals surface area contributed by atoms with E-state index in [1.165, 1.54) is 10.9 Å². The molecule has 0 bridgehead atoms. The number of anilines is 1. The maximum atomic E-state index is 12.2. The molecule has 0 atom stereocenters. The standard InChI is InChI=1S/C10H7F3N2O2S2/c11-10(12,13)19(16,17)15-9-14-6-8(18-9)7-4-2-1-3-5-7/h1-6H,(H,14,15). The van der Waals surface area contributed by atoms with Crippen molar-refractivity contribution in [2.45, 2.75) is 5.51 Å². The van der Waals surface area contributed by atoms with Gasteiger partial charge in [-0.15, -0.1) is 0 Å². The number of nitrogens with zero attached hydrogens (tertiary/aromatic N) is 1. The van der Waals surface area contributed by atoms with Gasteiger partial charge in [0, 0.05) is 6.20 Å². The van der Waals surface area contributed by atoms with Crippen LogP contribution in [0.1, 0.15) is 0 Å². The van der Waals surface area contributed by atoms with Crippen LogP contribution in [0.2, 0.25) is 0 Å². The molecule has 0 saturated carbocycles. The molecule has 19 heavy (non-hydrogen) atoms. The van der Waals surface area contributed by atoms with Crippen LogP contribution in [-0.4, -0.2) is 18.9 Å². The van der Waals surface area contributed by atoms with Gasteiger partial charge in [-0.25, -0.2) is 4.98 Å². The topological polar surface area (TPSA) is 59.1 Å². The van der Waals surface area contributed by atoms with Crippen LogP contribution in [0, 0.1) is 0 Å². The van der Waals surface area contributed by atoms with Gasteiger partial charge in [0.1, 0.15) is 0 Å². The van der Waals surface area contributed by atoms with E-state index in [2.05, 4.69) is 4.98 Å². The molecule has 0 spiro atoms. The van der Waals surface area contributed by atoms with Crippen molar-refractivity contribution in [1.82, 2.24) is 4.98 Å². The van der Waals surface area contributed by atoms with Crippen LogP contribution in [0.4, 0.5) is 18.3 Å². The molecule has 0 saturated heterocycles. The minimum atomic E-state index is -5.42. The van der Waals surface area contributed by atoms with Crippen molar-refractivity contribution in [3.05, 3.63) is 36.5 Å². The highest BCUT2D eigenvalue weighted by atomic mass is 32.2. The van der Waals surface area contributed by atoms with Crippen LogP contribution in [0.3, 0.4) is 0 Å². The highest BCUT2D eigenvalue weighted by Gasteiger charge is 2.46. The van der Waals surface area contributed by atoms with E-state index in [9.17, 15) is 21.6 Å². The van der Waals surface area contributed by atoms with Gasteiger partial charge in [0.25, 0.3) is 0 Å². The number of aromatic nitrogens is 1. The number of alkyl halides is 3. The van der Waals surface area contributed by atoms with E-state index < -0.39 is 15.5 Å². The first kappa shape index (κ1) is 13.8. The second-order valence-corrected chi connectivity index (χ2v) is 6.15. The Morgan fingerprint density at radius 2 is 1.79 bits per heavy atom. The molecule has 0 aliphatic heterocycles. The zero-order chi connectivity index (χ0) is 14.1. The van der Waals surface area contributed by atoms with Crippen molar-refractivity contribution in [2.24, 2.45) is 0 Å². The summed E-state index contributed by atoms with van der Waals surface area (Å²) in [5.41, 5.74) is -4.61. The highest BCUT2D eigenvalue weighted by molar-refractivity contribution is 7.93. The lowest BCUT2D eigenvalue weighted by molar-refractivity contribution is -0.0429. The van der Waals surface area contributed by atoms with Gasteiger partial charge in [-0.1, -0.05) is 41.7 Å². The summed E-state index contributed by atoms with van der Waals surface area (Å²) in [5, 5.41) is -0.323. The second kappa shape index (κ2) is 4.82. The molecule has 2 rings (SSSR count). The molecular weight excluding hydrogens is 301 g/mol. The number of hydrogen-bond donors (Lipinski definition) is 1.